The van der Waals surface area contributed by atoms with Crippen LogP contribution in [-0.2, 0) is 19.1 Å². The van der Waals surface area contributed by atoms with Gasteiger partial charge in [0, 0.05) is 30.6 Å². The van der Waals surface area contributed by atoms with Crippen molar-refractivity contribution in [3.05, 3.63) is 54.1 Å². The average molecular weight is 458 g/mol. The van der Waals surface area contributed by atoms with Crippen molar-refractivity contribution in [2.24, 2.45) is 0 Å². The molecule has 0 saturated carbocycles. The van der Waals surface area contributed by atoms with Crippen molar-refractivity contribution in [1.29, 1.82) is 0 Å². The molecule has 0 aliphatic rings. The Morgan fingerprint density at radius 2 is 1.48 bits per heavy atom. The lowest BCUT2D eigenvalue weighted by atomic mass is 10.2. The van der Waals surface area contributed by atoms with Gasteiger partial charge in [0.15, 0.2) is 0 Å². The standard InChI is InChI=1S/C24H31N3O6/c1-4-32-21-12-10-20(11-13-21)26-24(30)18-6-8-19(9-7-18)25-22(28)16-27(14-15-31-3)17-23(29)33-5-2/h6-13H,4-5,14-17H2,1-3H3,(H,25,28)(H,26,30). The van der Waals surface area contributed by atoms with Crippen molar-refractivity contribution in [2.45, 2.75) is 13.8 Å². The Bertz CT molecular complexity index is 899. The summed E-state index contributed by atoms with van der Waals surface area (Å²) >= 11 is 0. The van der Waals surface area contributed by atoms with E-state index in [-0.39, 0.29) is 31.5 Å². The molecule has 9 nitrogen and oxygen atoms in total. The number of hydrogen-bond acceptors (Lipinski definition) is 7. The second kappa shape index (κ2) is 13.9. The molecule has 0 atom stereocenters. The predicted molar refractivity (Wildman–Crippen MR) is 126 cm³/mol. The van der Waals surface area contributed by atoms with Gasteiger partial charge in [-0.15, -0.1) is 0 Å². The number of amides is 2. The number of methoxy groups -OCH3 is 1. The molecule has 0 saturated heterocycles. The maximum Gasteiger partial charge on any atom is 0.320 e. The molecule has 0 unspecified atom stereocenters. The van der Waals surface area contributed by atoms with Crippen LogP contribution in [0.5, 0.6) is 5.75 Å². The SMILES string of the molecule is CCOC(=O)CN(CCOC)CC(=O)Nc1ccc(C(=O)Nc2ccc(OCC)cc2)cc1. The molecular formula is C24H31N3O6. The van der Waals surface area contributed by atoms with Crippen LogP contribution in [0.25, 0.3) is 0 Å². The molecule has 2 rings (SSSR count). The first-order chi connectivity index (χ1) is 15.9. The fourth-order valence-electron chi connectivity index (χ4n) is 2.94. The van der Waals surface area contributed by atoms with Crippen LogP contribution in [0.15, 0.2) is 48.5 Å². The van der Waals surface area contributed by atoms with Crippen molar-refractivity contribution in [3.8, 4) is 5.75 Å². The Labute approximate surface area is 194 Å². The van der Waals surface area contributed by atoms with Crippen LogP contribution in [0.1, 0.15) is 24.2 Å². The number of carbonyl (C=O) groups excluding carboxylic acids is 3. The van der Waals surface area contributed by atoms with E-state index in [1.165, 1.54) is 0 Å². The van der Waals surface area contributed by atoms with Gasteiger partial charge >= 0.3 is 5.97 Å². The number of esters is 1. The van der Waals surface area contributed by atoms with E-state index in [1.807, 2.05) is 6.92 Å². The summed E-state index contributed by atoms with van der Waals surface area (Å²) in [6.45, 7) is 5.28. The molecule has 0 radical (unpaired) electrons. The zero-order chi connectivity index (χ0) is 24.1. The molecule has 33 heavy (non-hydrogen) atoms. The van der Waals surface area contributed by atoms with Crippen molar-refractivity contribution >= 4 is 29.2 Å². The number of ether oxygens (including phenoxy) is 3. The number of benzene rings is 2. The van der Waals surface area contributed by atoms with Crippen LogP contribution in [-0.4, -0.2) is 69.2 Å². The Hall–Kier alpha value is -3.43. The largest absolute Gasteiger partial charge is 0.494 e. The number of rotatable bonds is 13. The Balaban J connectivity index is 1.90. The van der Waals surface area contributed by atoms with E-state index >= 15 is 0 Å². The second-order valence-corrected chi connectivity index (χ2v) is 7.05. The summed E-state index contributed by atoms with van der Waals surface area (Å²) < 4.78 is 15.4. The summed E-state index contributed by atoms with van der Waals surface area (Å²) in [6, 6.07) is 13.7. The monoisotopic (exact) mass is 457 g/mol. The van der Waals surface area contributed by atoms with Gasteiger partial charge < -0.3 is 24.8 Å². The molecule has 2 N–H and O–H groups in total. The first-order valence-electron chi connectivity index (χ1n) is 10.8. The lowest BCUT2D eigenvalue weighted by Gasteiger charge is -2.20. The quantitative estimate of drug-likeness (QED) is 0.446. The van der Waals surface area contributed by atoms with E-state index in [1.54, 1.807) is 67.5 Å². The zero-order valence-electron chi connectivity index (χ0n) is 19.3. The van der Waals surface area contributed by atoms with Gasteiger partial charge in [0.1, 0.15) is 5.75 Å². The lowest BCUT2D eigenvalue weighted by molar-refractivity contribution is -0.144. The van der Waals surface area contributed by atoms with E-state index in [9.17, 15) is 14.4 Å². The average Bonchev–Trinajstić information content (AvgIpc) is 2.79. The first-order valence-corrected chi connectivity index (χ1v) is 10.8. The summed E-state index contributed by atoms with van der Waals surface area (Å²) in [6.07, 6.45) is 0. The summed E-state index contributed by atoms with van der Waals surface area (Å²) in [4.78, 5) is 38.3. The highest BCUT2D eigenvalue weighted by molar-refractivity contribution is 6.04. The molecule has 0 aliphatic carbocycles. The summed E-state index contributed by atoms with van der Waals surface area (Å²) in [5.74, 6) is -0.220. The molecule has 178 valence electrons. The van der Waals surface area contributed by atoms with Crippen LogP contribution in [0.3, 0.4) is 0 Å². The van der Waals surface area contributed by atoms with E-state index in [2.05, 4.69) is 10.6 Å². The van der Waals surface area contributed by atoms with Gasteiger partial charge in [0.05, 0.1) is 32.9 Å². The number of anilines is 2. The van der Waals surface area contributed by atoms with Gasteiger partial charge in [0.25, 0.3) is 5.91 Å². The van der Waals surface area contributed by atoms with Crippen LogP contribution >= 0.6 is 0 Å². The minimum absolute atomic E-state index is 0.00214. The van der Waals surface area contributed by atoms with Crippen LogP contribution in [0, 0.1) is 0 Å². The highest BCUT2D eigenvalue weighted by Gasteiger charge is 2.16. The lowest BCUT2D eigenvalue weighted by Crippen LogP contribution is -2.39. The molecule has 2 amide bonds. The maximum atomic E-state index is 12.5. The van der Waals surface area contributed by atoms with Gasteiger partial charge in [-0.2, -0.15) is 0 Å². The predicted octanol–water partition coefficient (Wildman–Crippen LogP) is 2.79. The zero-order valence-corrected chi connectivity index (χ0v) is 19.3. The fraction of sp³-hybridized carbons (Fsp3) is 0.375. The minimum Gasteiger partial charge on any atom is -0.494 e. The minimum atomic E-state index is -0.399. The number of hydrogen-bond donors (Lipinski definition) is 2. The van der Waals surface area contributed by atoms with E-state index in [0.717, 1.165) is 5.75 Å². The smallest absolute Gasteiger partial charge is 0.320 e. The van der Waals surface area contributed by atoms with Gasteiger partial charge in [-0.1, -0.05) is 0 Å². The summed E-state index contributed by atoms with van der Waals surface area (Å²) in [5, 5.41) is 5.59. The molecule has 2 aromatic rings. The molecule has 0 heterocycles. The Morgan fingerprint density at radius 1 is 0.848 bits per heavy atom. The highest BCUT2D eigenvalue weighted by atomic mass is 16.5. The van der Waals surface area contributed by atoms with Crippen molar-refractivity contribution in [2.75, 3.05) is 57.2 Å². The highest BCUT2D eigenvalue weighted by Crippen LogP contribution is 2.17. The van der Waals surface area contributed by atoms with E-state index in [4.69, 9.17) is 14.2 Å². The van der Waals surface area contributed by atoms with Crippen LogP contribution < -0.4 is 15.4 Å². The normalized spacial score (nSPS) is 10.5. The molecule has 0 aliphatic heterocycles. The molecule has 2 aromatic carbocycles. The maximum absolute atomic E-state index is 12.5. The third kappa shape index (κ3) is 9.30. The first kappa shape index (κ1) is 25.8. The molecule has 0 bridgehead atoms. The Morgan fingerprint density at radius 3 is 2.09 bits per heavy atom. The Kier molecular flexibility index (Phi) is 10.9. The fourth-order valence-corrected chi connectivity index (χ4v) is 2.94. The number of nitrogens with zero attached hydrogens (tertiary/aromatic N) is 1. The number of carbonyl (C=O) groups is 3. The van der Waals surface area contributed by atoms with Gasteiger partial charge in [-0.05, 0) is 62.4 Å². The number of nitrogens with one attached hydrogen (secondary N) is 2. The third-order valence-corrected chi connectivity index (χ3v) is 4.49. The molecule has 0 fully saturated rings. The van der Waals surface area contributed by atoms with E-state index in [0.29, 0.717) is 36.7 Å². The van der Waals surface area contributed by atoms with Gasteiger partial charge in [-0.25, -0.2) is 0 Å². The second-order valence-electron chi connectivity index (χ2n) is 7.05. The van der Waals surface area contributed by atoms with Gasteiger partial charge in [-0.3, -0.25) is 19.3 Å². The molecule has 9 heteroatoms. The molecule has 0 spiro atoms. The van der Waals surface area contributed by atoms with Crippen molar-refractivity contribution < 1.29 is 28.6 Å². The topological polar surface area (TPSA) is 106 Å². The third-order valence-electron chi connectivity index (χ3n) is 4.49. The van der Waals surface area contributed by atoms with Gasteiger partial charge in [0.2, 0.25) is 5.91 Å². The summed E-state index contributed by atoms with van der Waals surface area (Å²) in [5.41, 5.74) is 1.64. The van der Waals surface area contributed by atoms with Crippen molar-refractivity contribution in [1.82, 2.24) is 4.90 Å². The molecule has 0 aromatic heterocycles. The van der Waals surface area contributed by atoms with Crippen molar-refractivity contribution in [3.63, 3.8) is 0 Å². The van der Waals surface area contributed by atoms with Crippen LogP contribution in [0.4, 0.5) is 11.4 Å². The van der Waals surface area contributed by atoms with Crippen LogP contribution in [0.2, 0.25) is 0 Å². The van der Waals surface area contributed by atoms with E-state index < -0.39 is 5.97 Å². The summed E-state index contributed by atoms with van der Waals surface area (Å²) in [7, 11) is 1.55. The molecular weight excluding hydrogens is 426 g/mol.